The Hall–Kier alpha value is -4.97. The third-order valence-electron chi connectivity index (χ3n) is 6.29. The second-order valence-corrected chi connectivity index (χ2v) is 9.16. The average Bonchev–Trinajstić information content (AvgIpc) is 3.36. The molecular formula is C32H28N4O2. The van der Waals surface area contributed by atoms with Gasteiger partial charge in [-0.25, -0.2) is 4.68 Å². The summed E-state index contributed by atoms with van der Waals surface area (Å²) in [4.78, 5) is 25.6. The number of nitrogens with one attached hydrogen (secondary N) is 2. The third-order valence-corrected chi connectivity index (χ3v) is 6.29. The van der Waals surface area contributed by atoms with Crippen molar-refractivity contribution in [1.29, 1.82) is 0 Å². The number of anilines is 1. The van der Waals surface area contributed by atoms with Gasteiger partial charge in [-0.3, -0.25) is 9.59 Å². The summed E-state index contributed by atoms with van der Waals surface area (Å²) in [7, 11) is 0. The van der Waals surface area contributed by atoms with E-state index in [-0.39, 0.29) is 18.4 Å². The Labute approximate surface area is 222 Å². The highest BCUT2D eigenvalue weighted by Crippen LogP contribution is 2.26. The van der Waals surface area contributed by atoms with Gasteiger partial charge in [-0.2, -0.15) is 5.10 Å². The van der Waals surface area contributed by atoms with Gasteiger partial charge >= 0.3 is 0 Å². The van der Waals surface area contributed by atoms with Crippen LogP contribution in [-0.2, 0) is 4.79 Å². The zero-order valence-electron chi connectivity index (χ0n) is 21.3. The lowest BCUT2D eigenvalue weighted by Gasteiger charge is -2.12. The number of rotatable bonds is 7. The van der Waals surface area contributed by atoms with Crippen LogP contribution in [-0.4, -0.2) is 28.1 Å². The fraction of sp³-hybridized carbons (Fsp3) is 0.0938. The number of amides is 2. The van der Waals surface area contributed by atoms with Crippen LogP contribution in [0.15, 0.2) is 109 Å². The van der Waals surface area contributed by atoms with Crippen LogP contribution in [0.5, 0.6) is 0 Å². The minimum absolute atomic E-state index is 0.169. The molecule has 0 fully saturated rings. The molecule has 0 aliphatic carbocycles. The molecule has 6 nitrogen and oxygen atoms in total. The fourth-order valence-corrected chi connectivity index (χ4v) is 4.34. The van der Waals surface area contributed by atoms with Crippen LogP contribution in [0.4, 0.5) is 5.82 Å². The first-order valence-corrected chi connectivity index (χ1v) is 12.4. The van der Waals surface area contributed by atoms with E-state index in [0.717, 1.165) is 39.2 Å². The lowest BCUT2D eigenvalue weighted by atomic mass is 10.0. The van der Waals surface area contributed by atoms with Gasteiger partial charge in [0, 0.05) is 17.2 Å². The molecule has 1 heterocycles. The lowest BCUT2D eigenvalue weighted by molar-refractivity contribution is -0.115. The van der Waals surface area contributed by atoms with E-state index >= 15 is 0 Å². The molecule has 2 N–H and O–H groups in total. The summed E-state index contributed by atoms with van der Waals surface area (Å²) >= 11 is 0. The fourth-order valence-electron chi connectivity index (χ4n) is 4.34. The Morgan fingerprint density at radius 1 is 0.737 bits per heavy atom. The van der Waals surface area contributed by atoms with Gasteiger partial charge in [0.1, 0.15) is 5.82 Å². The van der Waals surface area contributed by atoms with Crippen molar-refractivity contribution in [3.05, 3.63) is 126 Å². The molecule has 5 rings (SSSR count). The van der Waals surface area contributed by atoms with Crippen molar-refractivity contribution in [3.8, 4) is 28.1 Å². The van der Waals surface area contributed by atoms with Gasteiger partial charge in [0.25, 0.3) is 5.91 Å². The number of nitrogens with zero attached hydrogens (tertiary/aromatic N) is 2. The van der Waals surface area contributed by atoms with Crippen LogP contribution in [0.3, 0.4) is 0 Å². The molecule has 0 aliphatic heterocycles. The summed E-state index contributed by atoms with van der Waals surface area (Å²) < 4.78 is 1.74. The van der Waals surface area contributed by atoms with Gasteiger partial charge in [-0.05, 0) is 48.7 Å². The second-order valence-electron chi connectivity index (χ2n) is 9.16. The normalized spacial score (nSPS) is 10.7. The first-order valence-electron chi connectivity index (χ1n) is 12.4. The highest BCUT2D eigenvalue weighted by Gasteiger charge is 2.16. The molecule has 0 saturated carbocycles. The topological polar surface area (TPSA) is 76.0 Å². The first kappa shape index (κ1) is 24.7. The van der Waals surface area contributed by atoms with Crippen LogP contribution in [0.25, 0.3) is 28.1 Å². The SMILES string of the molecule is Cc1ccc(-n2nc(-c3ccccc3)cc2NC(=O)CNC(=O)c2ccc(-c3ccccc3)cc2)c(C)c1. The maximum atomic E-state index is 12.9. The van der Waals surface area contributed by atoms with E-state index in [1.54, 1.807) is 16.8 Å². The molecule has 2 amide bonds. The van der Waals surface area contributed by atoms with Crippen molar-refractivity contribution in [1.82, 2.24) is 15.1 Å². The Bertz CT molecular complexity index is 1570. The van der Waals surface area contributed by atoms with Gasteiger partial charge in [0.15, 0.2) is 0 Å². The molecule has 6 heteroatoms. The van der Waals surface area contributed by atoms with Crippen LogP contribution in [0.2, 0.25) is 0 Å². The van der Waals surface area contributed by atoms with Gasteiger partial charge in [0.2, 0.25) is 5.91 Å². The number of carbonyl (C=O) groups excluding carboxylic acids is 2. The van der Waals surface area contributed by atoms with Crippen LogP contribution in [0, 0.1) is 13.8 Å². The molecule has 0 aliphatic rings. The predicted octanol–water partition coefficient (Wildman–Crippen LogP) is 6.19. The monoisotopic (exact) mass is 500 g/mol. The first-order chi connectivity index (χ1) is 18.5. The predicted molar refractivity (Wildman–Crippen MR) is 151 cm³/mol. The van der Waals surface area contributed by atoms with Gasteiger partial charge in [-0.1, -0.05) is 90.5 Å². The standard InChI is InChI=1S/C32H28N4O2/c1-22-13-18-29(23(2)19-22)36-30(20-28(35-36)26-11-7-4-8-12-26)34-31(37)21-33-32(38)27-16-14-25(15-17-27)24-9-5-3-6-10-24/h3-20H,21H2,1-2H3,(H,33,38)(H,34,37). The maximum Gasteiger partial charge on any atom is 0.251 e. The molecule has 5 aromatic rings. The minimum Gasteiger partial charge on any atom is -0.343 e. The van der Waals surface area contributed by atoms with E-state index in [2.05, 4.69) is 16.7 Å². The third kappa shape index (κ3) is 5.55. The number of aryl methyl sites for hydroxylation is 2. The van der Waals surface area contributed by atoms with E-state index in [4.69, 9.17) is 5.10 Å². The van der Waals surface area contributed by atoms with Crippen molar-refractivity contribution in [2.24, 2.45) is 0 Å². The van der Waals surface area contributed by atoms with Crippen LogP contribution < -0.4 is 10.6 Å². The Kier molecular flexibility index (Phi) is 7.13. The number of benzene rings is 4. The highest BCUT2D eigenvalue weighted by atomic mass is 16.2. The molecule has 1 aromatic heterocycles. The van der Waals surface area contributed by atoms with Gasteiger partial charge in [-0.15, -0.1) is 0 Å². The quantitative estimate of drug-likeness (QED) is 0.280. The molecule has 4 aromatic carbocycles. The van der Waals surface area contributed by atoms with E-state index in [1.807, 2.05) is 105 Å². The van der Waals surface area contributed by atoms with Crippen LogP contribution >= 0.6 is 0 Å². The Morgan fingerprint density at radius 3 is 2.03 bits per heavy atom. The molecule has 0 bridgehead atoms. The maximum absolute atomic E-state index is 12.9. The molecule has 0 unspecified atom stereocenters. The summed E-state index contributed by atoms with van der Waals surface area (Å²) in [5, 5.41) is 10.4. The Morgan fingerprint density at radius 2 is 1.37 bits per heavy atom. The number of aromatic nitrogens is 2. The van der Waals surface area contributed by atoms with Crippen molar-refractivity contribution in [3.63, 3.8) is 0 Å². The van der Waals surface area contributed by atoms with E-state index in [0.29, 0.717) is 11.4 Å². The molecule has 0 saturated heterocycles. The smallest absolute Gasteiger partial charge is 0.251 e. The van der Waals surface area contributed by atoms with Crippen molar-refractivity contribution in [2.75, 3.05) is 11.9 Å². The van der Waals surface area contributed by atoms with E-state index in [9.17, 15) is 9.59 Å². The van der Waals surface area contributed by atoms with Crippen molar-refractivity contribution in [2.45, 2.75) is 13.8 Å². The molecule has 188 valence electrons. The number of hydrogen-bond donors (Lipinski definition) is 2. The number of carbonyl (C=O) groups is 2. The van der Waals surface area contributed by atoms with Crippen molar-refractivity contribution < 1.29 is 9.59 Å². The molecule has 0 radical (unpaired) electrons. The minimum atomic E-state index is -0.343. The van der Waals surface area contributed by atoms with Crippen molar-refractivity contribution >= 4 is 17.6 Å². The highest BCUT2D eigenvalue weighted by molar-refractivity contribution is 5.99. The molecule has 0 atom stereocenters. The van der Waals surface area contributed by atoms with Crippen LogP contribution in [0.1, 0.15) is 21.5 Å². The second kappa shape index (κ2) is 11.0. The molecule has 0 spiro atoms. The summed E-state index contributed by atoms with van der Waals surface area (Å²) in [6.07, 6.45) is 0. The summed E-state index contributed by atoms with van der Waals surface area (Å²) in [6, 6.07) is 35.0. The Balaban J connectivity index is 1.30. The summed E-state index contributed by atoms with van der Waals surface area (Å²) in [5.74, 6) is -0.125. The molecular weight excluding hydrogens is 472 g/mol. The van der Waals surface area contributed by atoms with E-state index in [1.165, 1.54) is 0 Å². The molecule has 38 heavy (non-hydrogen) atoms. The average molecular weight is 501 g/mol. The summed E-state index contributed by atoms with van der Waals surface area (Å²) in [6.45, 7) is 3.88. The zero-order valence-corrected chi connectivity index (χ0v) is 21.3. The van der Waals surface area contributed by atoms with E-state index < -0.39 is 0 Å². The van der Waals surface area contributed by atoms with Gasteiger partial charge in [0.05, 0.1) is 17.9 Å². The van der Waals surface area contributed by atoms with Gasteiger partial charge < -0.3 is 10.6 Å². The largest absolute Gasteiger partial charge is 0.343 e. The summed E-state index contributed by atoms with van der Waals surface area (Å²) in [5.41, 5.74) is 7.33. The zero-order chi connectivity index (χ0) is 26.5. The number of hydrogen-bond acceptors (Lipinski definition) is 3. The lowest BCUT2D eigenvalue weighted by Crippen LogP contribution is -2.33.